The summed E-state index contributed by atoms with van der Waals surface area (Å²) >= 11 is 0. The second kappa shape index (κ2) is 7.05. The number of hydrogen-bond acceptors (Lipinski definition) is 2. The van der Waals surface area contributed by atoms with Gasteiger partial charge in [-0.05, 0) is 37.0 Å². The quantitative estimate of drug-likeness (QED) is 0.777. The highest BCUT2D eigenvalue weighted by molar-refractivity contribution is 5.24. The largest absolute Gasteiger partial charge is 0.416 e. The summed E-state index contributed by atoms with van der Waals surface area (Å²) in [6.07, 6.45) is 4.07. The number of allylic oxidation sites excluding steroid dienone is 1. The normalized spacial score (nSPS) is 24.0. The van der Waals surface area contributed by atoms with Gasteiger partial charge in [-0.2, -0.15) is 13.2 Å². The number of halogens is 3. The monoisotopic (exact) mass is 324 g/mol. The standard InChI is InChI=1S/C18H23F3N2/c19-18(20,21)16-8-6-15(7-9-16)14-22-10-12-23(13-11-22)17-4-2-1-3-5-17/h2,4,6-9,17H,1,3,5,10-14H2. The zero-order valence-electron chi connectivity index (χ0n) is 13.2. The second-order valence-electron chi connectivity index (χ2n) is 6.43. The zero-order valence-corrected chi connectivity index (χ0v) is 13.2. The van der Waals surface area contributed by atoms with E-state index in [0.29, 0.717) is 6.04 Å². The fraction of sp³-hybridized carbons (Fsp3) is 0.556. The first-order valence-corrected chi connectivity index (χ1v) is 8.31. The molecule has 1 aliphatic carbocycles. The summed E-state index contributed by atoms with van der Waals surface area (Å²) < 4.78 is 37.7. The van der Waals surface area contributed by atoms with Crippen molar-refractivity contribution in [2.45, 2.75) is 38.0 Å². The van der Waals surface area contributed by atoms with Crippen LogP contribution in [-0.4, -0.2) is 42.0 Å². The first-order valence-electron chi connectivity index (χ1n) is 8.31. The maximum absolute atomic E-state index is 12.6. The van der Waals surface area contributed by atoms with Gasteiger partial charge in [0.1, 0.15) is 0 Å². The van der Waals surface area contributed by atoms with Crippen LogP contribution >= 0.6 is 0 Å². The molecule has 0 aromatic heterocycles. The molecule has 2 nitrogen and oxygen atoms in total. The van der Waals surface area contributed by atoms with Gasteiger partial charge in [-0.1, -0.05) is 24.3 Å². The lowest BCUT2D eigenvalue weighted by Crippen LogP contribution is -2.49. The molecule has 1 aromatic rings. The highest BCUT2D eigenvalue weighted by atomic mass is 19.4. The minimum Gasteiger partial charge on any atom is -0.297 e. The van der Waals surface area contributed by atoms with Gasteiger partial charge in [-0.3, -0.25) is 9.80 Å². The van der Waals surface area contributed by atoms with E-state index in [4.69, 9.17) is 0 Å². The van der Waals surface area contributed by atoms with Crippen LogP contribution in [0.25, 0.3) is 0 Å². The van der Waals surface area contributed by atoms with E-state index in [1.165, 1.54) is 31.4 Å². The molecule has 0 N–H and O–H groups in total. The van der Waals surface area contributed by atoms with E-state index in [1.807, 2.05) is 0 Å². The Morgan fingerprint density at radius 3 is 2.26 bits per heavy atom. The fourth-order valence-corrected chi connectivity index (χ4v) is 3.41. The SMILES string of the molecule is FC(F)(F)c1ccc(CN2CCN(C3C=CCCC3)CC2)cc1. The molecule has 0 radical (unpaired) electrons. The van der Waals surface area contributed by atoms with Crippen LogP contribution in [0.15, 0.2) is 36.4 Å². The topological polar surface area (TPSA) is 6.48 Å². The van der Waals surface area contributed by atoms with Gasteiger partial charge in [-0.25, -0.2) is 0 Å². The maximum Gasteiger partial charge on any atom is 0.416 e. The average Bonchev–Trinajstić information content (AvgIpc) is 2.56. The van der Waals surface area contributed by atoms with Crippen molar-refractivity contribution in [2.24, 2.45) is 0 Å². The third-order valence-electron chi connectivity index (χ3n) is 4.79. The maximum atomic E-state index is 12.6. The first-order chi connectivity index (χ1) is 11.0. The summed E-state index contributed by atoms with van der Waals surface area (Å²) in [5, 5.41) is 0. The molecule has 1 aromatic carbocycles. The van der Waals surface area contributed by atoms with Gasteiger partial charge in [0.05, 0.1) is 5.56 Å². The molecule has 3 rings (SSSR count). The van der Waals surface area contributed by atoms with Gasteiger partial charge in [0.15, 0.2) is 0 Å². The van der Waals surface area contributed by atoms with E-state index < -0.39 is 11.7 Å². The van der Waals surface area contributed by atoms with Crippen molar-refractivity contribution in [2.75, 3.05) is 26.2 Å². The third kappa shape index (κ3) is 4.36. The van der Waals surface area contributed by atoms with Gasteiger partial charge in [0.2, 0.25) is 0 Å². The fourth-order valence-electron chi connectivity index (χ4n) is 3.41. The van der Waals surface area contributed by atoms with Crippen LogP contribution in [0.3, 0.4) is 0 Å². The van der Waals surface area contributed by atoms with E-state index in [1.54, 1.807) is 12.1 Å². The van der Waals surface area contributed by atoms with Crippen LogP contribution in [0.4, 0.5) is 13.2 Å². The Balaban J connectivity index is 1.50. The number of rotatable bonds is 3. The average molecular weight is 324 g/mol. The number of piperazine rings is 1. The Hall–Kier alpha value is -1.33. The zero-order chi connectivity index (χ0) is 16.3. The van der Waals surface area contributed by atoms with Gasteiger partial charge in [0.25, 0.3) is 0 Å². The number of nitrogens with zero attached hydrogens (tertiary/aromatic N) is 2. The van der Waals surface area contributed by atoms with Gasteiger partial charge in [-0.15, -0.1) is 0 Å². The Labute approximate surface area is 135 Å². The molecule has 1 atom stereocenters. The summed E-state index contributed by atoms with van der Waals surface area (Å²) in [6.45, 7) is 4.76. The molecule has 0 amide bonds. The van der Waals surface area contributed by atoms with Crippen molar-refractivity contribution >= 4 is 0 Å². The van der Waals surface area contributed by atoms with E-state index in [0.717, 1.165) is 38.3 Å². The molecule has 5 heteroatoms. The van der Waals surface area contributed by atoms with Crippen molar-refractivity contribution < 1.29 is 13.2 Å². The smallest absolute Gasteiger partial charge is 0.297 e. The third-order valence-corrected chi connectivity index (χ3v) is 4.79. The Kier molecular flexibility index (Phi) is 5.07. The van der Waals surface area contributed by atoms with Crippen LogP contribution in [0, 0.1) is 0 Å². The summed E-state index contributed by atoms with van der Waals surface area (Å²) in [7, 11) is 0. The van der Waals surface area contributed by atoms with Crippen LogP contribution < -0.4 is 0 Å². The predicted molar refractivity (Wildman–Crippen MR) is 85.1 cm³/mol. The Morgan fingerprint density at radius 2 is 1.70 bits per heavy atom. The van der Waals surface area contributed by atoms with Crippen molar-refractivity contribution in [3.8, 4) is 0 Å². The molecule has 1 unspecified atom stereocenters. The Bertz CT molecular complexity index is 528. The number of benzene rings is 1. The van der Waals surface area contributed by atoms with Gasteiger partial charge >= 0.3 is 6.18 Å². The minimum absolute atomic E-state index is 0.574. The predicted octanol–water partition coefficient (Wildman–Crippen LogP) is 3.93. The molecule has 1 aliphatic heterocycles. The molecular weight excluding hydrogens is 301 g/mol. The highest BCUT2D eigenvalue weighted by Gasteiger charge is 2.30. The van der Waals surface area contributed by atoms with Crippen LogP contribution in [0.5, 0.6) is 0 Å². The molecule has 126 valence electrons. The summed E-state index contributed by atoms with van der Waals surface area (Å²) in [5.74, 6) is 0. The molecule has 1 fully saturated rings. The van der Waals surface area contributed by atoms with E-state index in [-0.39, 0.29) is 0 Å². The summed E-state index contributed by atoms with van der Waals surface area (Å²) in [5.41, 5.74) is 0.374. The number of alkyl halides is 3. The Morgan fingerprint density at radius 1 is 1.00 bits per heavy atom. The summed E-state index contributed by atoms with van der Waals surface area (Å²) in [4.78, 5) is 4.85. The van der Waals surface area contributed by atoms with Crippen LogP contribution in [0.1, 0.15) is 30.4 Å². The molecule has 23 heavy (non-hydrogen) atoms. The highest BCUT2D eigenvalue weighted by Crippen LogP contribution is 2.29. The molecular formula is C18H23F3N2. The lowest BCUT2D eigenvalue weighted by molar-refractivity contribution is -0.137. The van der Waals surface area contributed by atoms with Crippen LogP contribution in [0.2, 0.25) is 0 Å². The first kappa shape index (κ1) is 16.5. The minimum atomic E-state index is -4.25. The molecule has 2 aliphatic rings. The van der Waals surface area contributed by atoms with Crippen molar-refractivity contribution in [3.63, 3.8) is 0 Å². The number of hydrogen-bond donors (Lipinski definition) is 0. The lowest BCUT2D eigenvalue weighted by atomic mass is 10.0. The van der Waals surface area contributed by atoms with E-state index >= 15 is 0 Å². The van der Waals surface area contributed by atoms with Gasteiger partial charge in [0, 0.05) is 38.8 Å². The van der Waals surface area contributed by atoms with Crippen LogP contribution in [-0.2, 0) is 12.7 Å². The molecule has 1 saturated heterocycles. The summed E-state index contributed by atoms with van der Waals surface area (Å²) in [6, 6.07) is 6.13. The van der Waals surface area contributed by atoms with E-state index in [9.17, 15) is 13.2 Å². The molecule has 0 bridgehead atoms. The molecule has 0 spiro atoms. The van der Waals surface area contributed by atoms with Gasteiger partial charge < -0.3 is 0 Å². The van der Waals surface area contributed by atoms with E-state index in [2.05, 4.69) is 22.0 Å². The van der Waals surface area contributed by atoms with Crippen molar-refractivity contribution in [1.29, 1.82) is 0 Å². The van der Waals surface area contributed by atoms with Crippen molar-refractivity contribution in [3.05, 3.63) is 47.5 Å². The molecule has 1 heterocycles. The second-order valence-corrected chi connectivity index (χ2v) is 6.43. The van der Waals surface area contributed by atoms with Crippen molar-refractivity contribution in [1.82, 2.24) is 9.80 Å². The lowest BCUT2D eigenvalue weighted by Gasteiger charge is -2.39. The molecule has 0 saturated carbocycles.